The molecule has 5 nitrogen and oxygen atoms in total. The van der Waals surface area contributed by atoms with Crippen molar-refractivity contribution in [1.29, 1.82) is 0 Å². The lowest BCUT2D eigenvalue weighted by Crippen LogP contribution is -2.23. The number of pyridine rings is 1. The fourth-order valence-electron chi connectivity index (χ4n) is 4.13. The molecule has 0 aliphatic heterocycles. The van der Waals surface area contributed by atoms with Crippen molar-refractivity contribution in [2.24, 2.45) is 5.73 Å². The van der Waals surface area contributed by atoms with Gasteiger partial charge in [0.15, 0.2) is 5.65 Å². The lowest BCUT2D eigenvalue weighted by molar-refractivity contribution is -0.138. The maximum absolute atomic E-state index is 13.7. The SMILES string of the molecule is NC(=O)C(c1ccc(-c2ccn3ncnc3c2)cc1)c1ccc(C2CC2)c(C(F)(F)F)c1. The number of aromatic nitrogens is 3. The summed E-state index contributed by atoms with van der Waals surface area (Å²) in [6.45, 7) is 0. The first-order valence-electron chi connectivity index (χ1n) is 10.2. The van der Waals surface area contributed by atoms with Crippen LogP contribution in [-0.4, -0.2) is 20.5 Å². The third kappa shape index (κ3) is 3.72. The van der Waals surface area contributed by atoms with Crippen LogP contribution in [0.1, 0.15) is 46.9 Å². The normalized spacial score (nSPS) is 15.1. The molecule has 0 spiro atoms. The number of carbonyl (C=O) groups is 1. The molecule has 1 fully saturated rings. The van der Waals surface area contributed by atoms with Gasteiger partial charge < -0.3 is 5.73 Å². The molecule has 0 bridgehead atoms. The zero-order valence-corrected chi connectivity index (χ0v) is 16.9. The van der Waals surface area contributed by atoms with E-state index >= 15 is 0 Å². The van der Waals surface area contributed by atoms with Crippen LogP contribution in [0.15, 0.2) is 67.1 Å². The molecule has 2 N–H and O–H groups in total. The molecule has 162 valence electrons. The molecule has 2 heterocycles. The van der Waals surface area contributed by atoms with Gasteiger partial charge in [-0.1, -0.05) is 36.4 Å². The fraction of sp³-hybridized carbons (Fsp3) is 0.208. The molecular formula is C24H19F3N4O. The number of nitrogens with two attached hydrogens (primary N) is 1. The van der Waals surface area contributed by atoms with Crippen molar-refractivity contribution in [3.63, 3.8) is 0 Å². The second-order valence-corrected chi connectivity index (χ2v) is 8.05. The van der Waals surface area contributed by atoms with E-state index in [4.69, 9.17) is 5.73 Å². The number of alkyl halides is 3. The highest BCUT2D eigenvalue weighted by Crippen LogP contribution is 2.46. The number of primary amides is 1. The van der Waals surface area contributed by atoms with Gasteiger partial charge in [-0.3, -0.25) is 4.79 Å². The van der Waals surface area contributed by atoms with Crippen molar-refractivity contribution >= 4 is 11.6 Å². The molecule has 1 amide bonds. The van der Waals surface area contributed by atoms with Crippen LogP contribution < -0.4 is 5.73 Å². The van der Waals surface area contributed by atoms with Crippen LogP contribution in [0.25, 0.3) is 16.8 Å². The van der Waals surface area contributed by atoms with E-state index in [9.17, 15) is 18.0 Å². The largest absolute Gasteiger partial charge is 0.416 e. The number of carbonyl (C=O) groups excluding carboxylic acids is 1. The minimum atomic E-state index is -4.49. The van der Waals surface area contributed by atoms with Crippen LogP contribution in [0.5, 0.6) is 0 Å². The summed E-state index contributed by atoms with van der Waals surface area (Å²) < 4.78 is 42.7. The molecule has 0 saturated heterocycles. The minimum Gasteiger partial charge on any atom is -0.369 e. The summed E-state index contributed by atoms with van der Waals surface area (Å²) in [4.78, 5) is 16.5. The molecule has 1 unspecified atom stereocenters. The number of amides is 1. The zero-order chi connectivity index (χ0) is 22.5. The van der Waals surface area contributed by atoms with Gasteiger partial charge in [0.05, 0.1) is 11.5 Å². The fourth-order valence-corrected chi connectivity index (χ4v) is 4.13. The summed E-state index contributed by atoms with van der Waals surface area (Å²) in [5, 5.41) is 4.06. The summed E-state index contributed by atoms with van der Waals surface area (Å²) in [5.74, 6) is -1.73. The van der Waals surface area contributed by atoms with Crippen molar-refractivity contribution in [2.45, 2.75) is 30.9 Å². The Morgan fingerprint density at radius 1 is 1.00 bits per heavy atom. The van der Waals surface area contributed by atoms with Gasteiger partial charge in [0.25, 0.3) is 0 Å². The summed E-state index contributed by atoms with van der Waals surface area (Å²) >= 11 is 0. The standard InChI is InChI=1S/C24H19F3N4O/c25-24(26,27)20-11-18(7-8-19(20)15-3-4-15)22(23(28)32)16-5-1-14(2-6-16)17-9-10-31-21(12-17)29-13-30-31/h1-2,5-13,15,22H,3-4H2,(H2,28,32). The topological polar surface area (TPSA) is 73.3 Å². The maximum Gasteiger partial charge on any atom is 0.416 e. The number of halogens is 3. The highest BCUT2D eigenvalue weighted by Gasteiger charge is 2.39. The van der Waals surface area contributed by atoms with Gasteiger partial charge in [0.2, 0.25) is 5.91 Å². The molecular weight excluding hydrogens is 417 g/mol. The Labute approximate surface area is 181 Å². The van der Waals surface area contributed by atoms with Gasteiger partial charge in [-0.2, -0.15) is 18.3 Å². The molecule has 1 atom stereocenters. The smallest absolute Gasteiger partial charge is 0.369 e. The predicted octanol–water partition coefficient (Wildman–Crippen LogP) is 4.91. The third-order valence-corrected chi connectivity index (χ3v) is 5.88. The number of benzene rings is 2. The molecule has 1 aliphatic rings. The van der Waals surface area contributed by atoms with Gasteiger partial charge in [-0.05, 0) is 64.8 Å². The number of fused-ring (bicyclic) bond motifs is 1. The van der Waals surface area contributed by atoms with Crippen molar-refractivity contribution in [2.75, 3.05) is 0 Å². The molecule has 1 saturated carbocycles. The Kier molecular flexibility index (Phi) is 4.73. The molecule has 8 heteroatoms. The Bertz CT molecular complexity index is 1310. The van der Waals surface area contributed by atoms with E-state index in [0.29, 0.717) is 16.8 Å². The van der Waals surface area contributed by atoms with E-state index < -0.39 is 23.6 Å². The van der Waals surface area contributed by atoms with E-state index in [2.05, 4.69) is 10.1 Å². The van der Waals surface area contributed by atoms with Gasteiger partial charge in [0, 0.05) is 6.20 Å². The van der Waals surface area contributed by atoms with Crippen LogP contribution in [0, 0.1) is 0 Å². The molecule has 32 heavy (non-hydrogen) atoms. The summed E-state index contributed by atoms with van der Waals surface area (Å²) in [7, 11) is 0. The van der Waals surface area contributed by atoms with Crippen molar-refractivity contribution < 1.29 is 18.0 Å². The van der Waals surface area contributed by atoms with Crippen LogP contribution >= 0.6 is 0 Å². The van der Waals surface area contributed by atoms with Crippen molar-refractivity contribution in [3.8, 4) is 11.1 Å². The lowest BCUT2D eigenvalue weighted by Gasteiger charge is -2.19. The number of nitrogens with zero attached hydrogens (tertiary/aromatic N) is 3. The average Bonchev–Trinajstić information content (AvgIpc) is 3.50. The Hall–Kier alpha value is -3.68. The van der Waals surface area contributed by atoms with Crippen LogP contribution in [0.4, 0.5) is 13.2 Å². The monoisotopic (exact) mass is 436 g/mol. The first kappa shape index (κ1) is 20.2. The van der Waals surface area contributed by atoms with Gasteiger partial charge >= 0.3 is 6.18 Å². The number of hydrogen-bond donors (Lipinski definition) is 1. The highest BCUT2D eigenvalue weighted by atomic mass is 19.4. The molecule has 5 rings (SSSR count). The Balaban J connectivity index is 1.51. The average molecular weight is 436 g/mol. The molecule has 2 aromatic heterocycles. The van der Waals surface area contributed by atoms with Crippen LogP contribution in [0.3, 0.4) is 0 Å². The Morgan fingerprint density at radius 2 is 1.72 bits per heavy atom. The molecule has 4 aromatic rings. The van der Waals surface area contributed by atoms with E-state index in [0.717, 1.165) is 30.0 Å². The minimum absolute atomic E-state index is 0.0606. The van der Waals surface area contributed by atoms with Gasteiger partial charge in [-0.15, -0.1) is 0 Å². The van der Waals surface area contributed by atoms with Gasteiger partial charge in [0.1, 0.15) is 6.33 Å². The van der Waals surface area contributed by atoms with E-state index in [1.165, 1.54) is 12.4 Å². The first-order valence-corrected chi connectivity index (χ1v) is 10.2. The van der Waals surface area contributed by atoms with E-state index in [1.807, 2.05) is 24.3 Å². The van der Waals surface area contributed by atoms with Crippen LogP contribution in [0.2, 0.25) is 0 Å². The van der Waals surface area contributed by atoms with Gasteiger partial charge in [-0.25, -0.2) is 9.50 Å². The zero-order valence-electron chi connectivity index (χ0n) is 16.9. The molecule has 0 radical (unpaired) electrons. The third-order valence-electron chi connectivity index (χ3n) is 5.88. The van der Waals surface area contributed by atoms with E-state index in [-0.39, 0.29) is 11.5 Å². The quantitative estimate of drug-likeness (QED) is 0.483. The highest BCUT2D eigenvalue weighted by molar-refractivity contribution is 5.86. The van der Waals surface area contributed by atoms with Crippen LogP contribution in [-0.2, 0) is 11.0 Å². The summed E-state index contributed by atoms with van der Waals surface area (Å²) in [6, 6.07) is 15.0. The number of rotatable bonds is 5. The second kappa shape index (κ2) is 7.47. The molecule has 1 aliphatic carbocycles. The van der Waals surface area contributed by atoms with E-state index in [1.54, 1.807) is 28.9 Å². The Morgan fingerprint density at radius 3 is 2.38 bits per heavy atom. The van der Waals surface area contributed by atoms with Crippen molar-refractivity contribution in [3.05, 3.63) is 89.4 Å². The second-order valence-electron chi connectivity index (χ2n) is 8.05. The summed E-state index contributed by atoms with van der Waals surface area (Å²) in [6.07, 6.45) is 0.273. The first-order chi connectivity index (χ1) is 15.3. The maximum atomic E-state index is 13.7. The lowest BCUT2D eigenvalue weighted by atomic mass is 9.87. The number of hydrogen-bond acceptors (Lipinski definition) is 3. The van der Waals surface area contributed by atoms with Crippen molar-refractivity contribution in [1.82, 2.24) is 14.6 Å². The summed E-state index contributed by atoms with van der Waals surface area (Å²) in [5.41, 5.74) is 8.50. The predicted molar refractivity (Wildman–Crippen MR) is 113 cm³/mol. The molecule has 2 aromatic carbocycles.